The molecule has 2 aromatic rings. The molecule has 2 N–H and O–H groups in total. The van der Waals surface area contributed by atoms with Gasteiger partial charge in [-0.25, -0.2) is 4.90 Å². The van der Waals surface area contributed by atoms with E-state index in [2.05, 4.69) is 4.90 Å². The number of rotatable bonds is 5. The van der Waals surface area contributed by atoms with E-state index >= 15 is 0 Å². The number of carbonyl (C=O) groups is 2. The SMILES string of the molecule is CCOc1cccc(N2C(=O)C[C@@H]([NH+]3CCN(c4ccccc4O)CC3)C2=O)c1. The first-order chi connectivity index (χ1) is 14.1. The lowest BCUT2D eigenvalue weighted by atomic mass is 10.1. The van der Waals surface area contributed by atoms with Crippen LogP contribution in [0.2, 0.25) is 0 Å². The number of benzene rings is 2. The molecule has 152 valence electrons. The number of phenols is 1. The van der Waals surface area contributed by atoms with Crippen LogP contribution in [0.3, 0.4) is 0 Å². The molecule has 2 heterocycles. The van der Waals surface area contributed by atoms with Gasteiger partial charge < -0.3 is 19.6 Å². The molecule has 1 atom stereocenters. The molecule has 4 rings (SSSR count). The number of hydrogen-bond acceptors (Lipinski definition) is 5. The van der Waals surface area contributed by atoms with Gasteiger partial charge in [-0.1, -0.05) is 18.2 Å². The van der Waals surface area contributed by atoms with E-state index in [1.807, 2.05) is 25.1 Å². The van der Waals surface area contributed by atoms with Gasteiger partial charge in [-0.2, -0.15) is 0 Å². The molecule has 0 aromatic heterocycles. The van der Waals surface area contributed by atoms with Crippen molar-refractivity contribution in [2.75, 3.05) is 42.6 Å². The van der Waals surface area contributed by atoms with E-state index in [-0.39, 0.29) is 30.0 Å². The Balaban J connectivity index is 1.44. The van der Waals surface area contributed by atoms with Crippen LogP contribution in [0.1, 0.15) is 13.3 Å². The Morgan fingerprint density at radius 3 is 2.59 bits per heavy atom. The number of nitrogens with zero attached hydrogens (tertiary/aromatic N) is 2. The van der Waals surface area contributed by atoms with Crippen LogP contribution in [0.4, 0.5) is 11.4 Å². The Morgan fingerprint density at radius 1 is 1.10 bits per heavy atom. The predicted octanol–water partition coefficient (Wildman–Crippen LogP) is 0.828. The summed E-state index contributed by atoms with van der Waals surface area (Å²) >= 11 is 0. The molecule has 2 aliphatic rings. The Hall–Kier alpha value is -3.06. The van der Waals surface area contributed by atoms with Gasteiger partial charge in [0.05, 0.1) is 50.6 Å². The third-order valence-electron chi connectivity index (χ3n) is 5.65. The van der Waals surface area contributed by atoms with E-state index in [9.17, 15) is 14.7 Å². The average molecular weight is 396 g/mol. The average Bonchev–Trinajstić information content (AvgIpc) is 3.03. The van der Waals surface area contributed by atoms with Gasteiger partial charge in [0.25, 0.3) is 5.91 Å². The predicted molar refractivity (Wildman–Crippen MR) is 110 cm³/mol. The number of anilines is 2. The van der Waals surface area contributed by atoms with Crippen LogP contribution >= 0.6 is 0 Å². The summed E-state index contributed by atoms with van der Waals surface area (Å²) in [5.41, 5.74) is 1.38. The number of nitrogens with one attached hydrogen (secondary N) is 1. The molecular formula is C22H26N3O4+. The lowest BCUT2D eigenvalue weighted by Gasteiger charge is -2.35. The normalized spacial score (nSPS) is 20.4. The second kappa shape index (κ2) is 8.13. The highest BCUT2D eigenvalue weighted by molar-refractivity contribution is 6.21. The largest absolute Gasteiger partial charge is 0.506 e. The number of piperazine rings is 1. The first kappa shape index (κ1) is 19.3. The quantitative estimate of drug-likeness (QED) is 0.733. The Labute approximate surface area is 170 Å². The first-order valence-corrected chi connectivity index (χ1v) is 10.1. The van der Waals surface area contributed by atoms with Crippen LogP contribution < -0.4 is 19.4 Å². The van der Waals surface area contributed by atoms with E-state index < -0.39 is 0 Å². The van der Waals surface area contributed by atoms with Gasteiger partial charge in [-0.3, -0.25) is 9.59 Å². The molecule has 0 spiro atoms. The zero-order valence-electron chi connectivity index (χ0n) is 16.5. The molecule has 0 aliphatic carbocycles. The molecule has 2 aliphatic heterocycles. The summed E-state index contributed by atoms with van der Waals surface area (Å²) < 4.78 is 5.50. The standard InChI is InChI=1S/C22H25N3O4/c1-2-29-17-7-5-6-16(14-17)25-21(27)15-19(22(25)28)24-12-10-23(11-13-24)18-8-3-4-9-20(18)26/h3-9,14,19,26H,2,10-13,15H2,1H3/p+1/t19-/m1/s1. The summed E-state index contributed by atoms with van der Waals surface area (Å²) in [6.45, 7) is 5.36. The number of imide groups is 1. The molecule has 2 saturated heterocycles. The van der Waals surface area contributed by atoms with Gasteiger partial charge in [0.1, 0.15) is 11.5 Å². The monoisotopic (exact) mass is 396 g/mol. The number of aromatic hydroxyl groups is 1. The number of hydrogen-bond donors (Lipinski definition) is 2. The van der Waals surface area contributed by atoms with Gasteiger partial charge in [0, 0.05) is 6.07 Å². The number of phenolic OH excluding ortho intramolecular Hbond substituents is 1. The van der Waals surface area contributed by atoms with Crippen molar-refractivity contribution in [3.8, 4) is 11.5 Å². The highest BCUT2D eigenvalue weighted by Gasteiger charge is 2.46. The topological polar surface area (TPSA) is 74.5 Å². The van der Waals surface area contributed by atoms with E-state index in [4.69, 9.17) is 4.74 Å². The highest BCUT2D eigenvalue weighted by atomic mass is 16.5. The maximum atomic E-state index is 13.1. The summed E-state index contributed by atoms with van der Waals surface area (Å²) in [6, 6.07) is 14.1. The number of quaternary nitrogens is 1. The fraction of sp³-hybridized carbons (Fsp3) is 0.364. The summed E-state index contributed by atoms with van der Waals surface area (Å²) in [5.74, 6) is 0.611. The molecular weight excluding hydrogens is 370 g/mol. The molecule has 0 radical (unpaired) electrons. The maximum absolute atomic E-state index is 13.1. The van der Waals surface area contributed by atoms with Crippen LogP contribution in [0.15, 0.2) is 48.5 Å². The van der Waals surface area contributed by atoms with Crippen LogP contribution in [0.5, 0.6) is 11.5 Å². The number of carbonyl (C=O) groups excluding carboxylic acids is 2. The van der Waals surface area contributed by atoms with Crippen LogP contribution in [0.25, 0.3) is 0 Å². The zero-order valence-corrected chi connectivity index (χ0v) is 16.5. The fourth-order valence-electron chi connectivity index (χ4n) is 4.22. The van der Waals surface area contributed by atoms with Gasteiger partial charge >= 0.3 is 0 Å². The Kier molecular flexibility index (Phi) is 5.40. The third-order valence-corrected chi connectivity index (χ3v) is 5.65. The number of amides is 2. The van der Waals surface area contributed by atoms with Crippen molar-refractivity contribution in [2.45, 2.75) is 19.4 Å². The van der Waals surface area contributed by atoms with Crippen LogP contribution in [-0.4, -0.2) is 55.7 Å². The van der Waals surface area contributed by atoms with E-state index in [0.717, 1.165) is 36.8 Å². The van der Waals surface area contributed by atoms with Crippen molar-refractivity contribution in [1.82, 2.24) is 0 Å². The molecule has 0 unspecified atom stereocenters. The third kappa shape index (κ3) is 3.78. The molecule has 0 saturated carbocycles. The minimum Gasteiger partial charge on any atom is -0.506 e. The van der Waals surface area contributed by atoms with Crippen LogP contribution in [-0.2, 0) is 9.59 Å². The van der Waals surface area contributed by atoms with Crippen molar-refractivity contribution in [1.29, 1.82) is 0 Å². The van der Waals surface area contributed by atoms with E-state index in [1.54, 1.807) is 30.3 Å². The summed E-state index contributed by atoms with van der Waals surface area (Å²) in [7, 11) is 0. The molecule has 7 heteroatoms. The summed E-state index contributed by atoms with van der Waals surface area (Å²) in [6.07, 6.45) is 0.226. The molecule has 2 fully saturated rings. The van der Waals surface area contributed by atoms with Crippen molar-refractivity contribution >= 4 is 23.2 Å². The minimum atomic E-state index is -0.357. The fourth-order valence-corrected chi connectivity index (χ4v) is 4.22. The molecule has 2 aromatic carbocycles. The smallest absolute Gasteiger partial charge is 0.292 e. The van der Waals surface area contributed by atoms with Gasteiger partial charge in [0.15, 0.2) is 6.04 Å². The maximum Gasteiger partial charge on any atom is 0.292 e. The molecule has 7 nitrogen and oxygen atoms in total. The minimum absolute atomic E-state index is 0.144. The Bertz CT molecular complexity index is 908. The molecule has 29 heavy (non-hydrogen) atoms. The lowest BCUT2D eigenvalue weighted by molar-refractivity contribution is -0.915. The number of para-hydroxylation sites is 2. The first-order valence-electron chi connectivity index (χ1n) is 10.1. The van der Waals surface area contributed by atoms with Gasteiger partial charge in [-0.15, -0.1) is 0 Å². The van der Waals surface area contributed by atoms with Crippen molar-refractivity contribution < 1.29 is 24.3 Å². The second-order valence-electron chi connectivity index (χ2n) is 7.39. The summed E-state index contributed by atoms with van der Waals surface area (Å²) in [4.78, 5) is 30.3. The van der Waals surface area contributed by atoms with E-state index in [1.165, 1.54) is 4.90 Å². The molecule has 0 bridgehead atoms. The highest BCUT2D eigenvalue weighted by Crippen LogP contribution is 2.27. The van der Waals surface area contributed by atoms with Crippen molar-refractivity contribution in [3.63, 3.8) is 0 Å². The lowest BCUT2D eigenvalue weighted by Crippen LogP contribution is -3.19. The van der Waals surface area contributed by atoms with Gasteiger partial charge in [-0.05, 0) is 31.2 Å². The van der Waals surface area contributed by atoms with Crippen molar-refractivity contribution in [2.24, 2.45) is 0 Å². The summed E-state index contributed by atoms with van der Waals surface area (Å²) in [5, 5.41) is 10.1. The van der Waals surface area contributed by atoms with Gasteiger partial charge in [0.2, 0.25) is 5.91 Å². The number of ether oxygens (including phenoxy) is 1. The second-order valence-corrected chi connectivity index (χ2v) is 7.39. The van der Waals surface area contributed by atoms with E-state index in [0.29, 0.717) is 18.0 Å². The van der Waals surface area contributed by atoms with Crippen LogP contribution in [0, 0.1) is 0 Å². The van der Waals surface area contributed by atoms with Crippen molar-refractivity contribution in [3.05, 3.63) is 48.5 Å². The molecule has 2 amide bonds. The Morgan fingerprint density at radius 2 is 1.86 bits per heavy atom. The zero-order chi connectivity index (χ0) is 20.4.